The second kappa shape index (κ2) is 9.83. The van der Waals surface area contributed by atoms with Gasteiger partial charge in [-0.15, -0.1) is 0 Å². The molecule has 1 aliphatic rings. The fraction of sp³-hybridized carbons (Fsp3) is 0.192. The van der Waals surface area contributed by atoms with Gasteiger partial charge in [0, 0.05) is 6.54 Å². The van der Waals surface area contributed by atoms with Gasteiger partial charge < -0.3 is 19.1 Å². The van der Waals surface area contributed by atoms with Gasteiger partial charge in [-0.05, 0) is 34.9 Å². The molecule has 3 aromatic carbocycles. The number of hydrogen-bond donors (Lipinski definition) is 0. The molecule has 0 aromatic heterocycles. The van der Waals surface area contributed by atoms with E-state index in [1.165, 1.54) is 11.8 Å². The number of methoxy groups -OCH3 is 3. The zero-order valence-electron chi connectivity index (χ0n) is 18.3. The molecule has 1 aliphatic heterocycles. The van der Waals surface area contributed by atoms with Crippen LogP contribution >= 0.6 is 11.8 Å². The molecular formula is C26H25NO4S. The van der Waals surface area contributed by atoms with Crippen LogP contribution in [0, 0.1) is 0 Å². The Labute approximate surface area is 192 Å². The van der Waals surface area contributed by atoms with Crippen LogP contribution in [-0.4, -0.2) is 32.1 Å². The molecule has 0 bridgehead atoms. The number of thioether (sulfide) groups is 1. The first-order valence-corrected chi connectivity index (χ1v) is 11.1. The molecule has 1 fully saturated rings. The van der Waals surface area contributed by atoms with Crippen molar-refractivity contribution in [3.05, 3.63) is 94.4 Å². The van der Waals surface area contributed by atoms with Crippen molar-refractivity contribution in [2.24, 2.45) is 0 Å². The van der Waals surface area contributed by atoms with E-state index in [1.807, 2.05) is 83.8 Å². The normalized spacial score (nSPS) is 17.0. The van der Waals surface area contributed by atoms with Crippen molar-refractivity contribution in [2.45, 2.75) is 11.9 Å². The molecule has 164 valence electrons. The van der Waals surface area contributed by atoms with Gasteiger partial charge in [0.2, 0.25) is 5.75 Å². The van der Waals surface area contributed by atoms with Crippen molar-refractivity contribution in [1.82, 2.24) is 4.90 Å². The Morgan fingerprint density at radius 1 is 0.875 bits per heavy atom. The highest BCUT2D eigenvalue weighted by Crippen LogP contribution is 2.50. The van der Waals surface area contributed by atoms with Crippen LogP contribution in [0.5, 0.6) is 17.2 Å². The lowest BCUT2D eigenvalue weighted by Crippen LogP contribution is -2.27. The SMILES string of the molecule is COc1cc(C2SC(=Cc3ccccc3)C(=O)N2Cc2ccccc2)cc(OC)c1OC. The van der Waals surface area contributed by atoms with Crippen molar-refractivity contribution in [3.8, 4) is 17.2 Å². The molecule has 6 heteroatoms. The molecule has 0 radical (unpaired) electrons. The van der Waals surface area contributed by atoms with Gasteiger partial charge >= 0.3 is 0 Å². The van der Waals surface area contributed by atoms with Gasteiger partial charge in [0.1, 0.15) is 5.37 Å². The third-order valence-electron chi connectivity index (χ3n) is 5.26. The number of carbonyl (C=O) groups excluding carboxylic acids is 1. The summed E-state index contributed by atoms with van der Waals surface area (Å²) in [6.07, 6.45) is 1.95. The second-order valence-electron chi connectivity index (χ2n) is 7.27. The molecule has 1 amide bonds. The number of nitrogens with zero attached hydrogens (tertiary/aromatic N) is 1. The summed E-state index contributed by atoms with van der Waals surface area (Å²) in [5.74, 6) is 1.66. The first kappa shape index (κ1) is 21.8. The smallest absolute Gasteiger partial charge is 0.261 e. The minimum Gasteiger partial charge on any atom is -0.493 e. The summed E-state index contributed by atoms with van der Waals surface area (Å²) in [7, 11) is 4.77. The van der Waals surface area contributed by atoms with Gasteiger partial charge in [-0.2, -0.15) is 0 Å². The fourth-order valence-electron chi connectivity index (χ4n) is 3.71. The van der Waals surface area contributed by atoms with Gasteiger partial charge in [-0.25, -0.2) is 0 Å². The Kier molecular flexibility index (Phi) is 6.71. The number of rotatable bonds is 7. The maximum Gasteiger partial charge on any atom is 0.261 e. The van der Waals surface area contributed by atoms with Crippen LogP contribution in [0.4, 0.5) is 0 Å². The molecule has 3 aromatic rings. The lowest BCUT2D eigenvalue weighted by molar-refractivity contribution is -0.126. The largest absolute Gasteiger partial charge is 0.493 e. The van der Waals surface area contributed by atoms with E-state index in [-0.39, 0.29) is 11.3 Å². The molecule has 1 atom stereocenters. The summed E-state index contributed by atoms with van der Waals surface area (Å²) in [6.45, 7) is 0.500. The van der Waals surface area contributed by atoms with E-state index < -0.39 is 0 Å². The predicted molar refractivity (Wildman–Crippen MR) is 128 cm³/mol. The summed E-state index contributed by atoms with van der Waals surface area (Å²) in [6, 6.07) is 23.7. The number of ether oxygens (including phenoxy) is 3. The van der Waals surface area contributed by atoms with Crippen molar-refractivity contribution >= 4 is 23.7 Å². The highest BCUT2D eigenvalue weighted by Gasteiger charge is 2.38. The molecular weight excluding hydrogens is 422 g/mol. The van der Waals surface area contributed by atoms with Gasteiger partial charge in [0.05, 0.1) is 26.2 Å². The molecule has 1 saturated heterocycles. The molecule has 4 rings (SSSR count). The summed E-state index contributed by atoms with van der Waals surface area (Å²) in [4.78, 5) is 16.1. The van der Waals surface area contributed by atoms with Gasteiger partial charge in [0.15, 0.2) is 11.5 Å². The van der Waals surface area contributed by atoms with Gasteiger partial charge in [-0.1, -0.05) is 72.4 Å². The monoisotopic (exact) mass is 447 g/mol. The zero-order valence-corrected chi connectivity index (χ0v) is 19.1. The zero-order chi connectivity index (χ0) is 22.5. The molecule has 1 unspecified atom stereocenters. The van der Waals surface area contributed by atoms with Crippen molar-refractivity contribution < 1.29 is 19.0 Å². The average Bonchev–Trinajstić information content (AvgIpc) is 3.14. The molecule has 0 aliphatic carbocycles. The highest BCUT2D eigenvalue weighted by molar-refractivity contribution is 8.04. The summed E-state index contributed by atoms with van der Waals surface area (Å²) in [5, 5.41) is -0.230. The van der Waals surface area contributed by atoms with E-state index in [1.54, 1.807) is 21.3 Å². The van der Waals surface area contributed by atoms with E-state index in [4.69, 9.17) is 14.2 Å². The standard InChI is InChI=1S/C26H25NO4S/c1-29-21-15-20(16-22(30-2)24(21)31-3)26-27(17-19-12-8-5-9-13-19)25(28)23(32-26)14-18-10-6-4-7-11-18/h4-16,26H,17H2,1-3H3. The second-order valence-corrected chi connectivity index (χ2v) is 8.39. The van der Waals surface area contributed by atoms with Crippen LogP contribution < -0.4 is 14.2 Å². The predicted octanol–water partition coefficient (Wildman–Crippen LogP) is 5.53. The van der Waals surface area contributed by atoms with Crippen molar-refractivity contribution in [2.75, 3.05) is 21.3 Å². The molecule has 0 N–H and O–H groups in total. The number of benzene rings is 3. The lowest BCUT2D eigenvalue weighted by Gasteiger charge is -2.25. The van der Waals surface area contributed by atoms with E-state index in [0.29, 0.717) is 28.7 Å². The van der Waals surface area contributed by atoms with Crippen LogP contribution in [0.15, 0.2) is 77.7 Å². The fourth-order valence-corrected chi connectivity index (χ4v) is 4.94. The van der Waals surface area contributed by atoms with E-state index in [0.717, 1.165) is 16.7 Å². The third kappa shape index (κ3) is 4.46. The maximum absolute atomic E-state index is 13.5. The Balaban J connectivity index is 1.77. The third-order valence-corrected chi connectivity index (χ3v) is 6.55. The van der Waals surface area contributed by atoms with E-state index >= 15 is 0 Å². The van der Waals surface area contributed by atoms with Crippen LogP contribution in [0.1, 0.15) is 22.1 Å². The van der Waals surface area contributed by atoms with Crippen LogP contribution in [0.25, 0.3) is 6.08 Å². The number of hydrogen-bond acceptors (Lipinski definition) is 5. The van der Waals surface area contributed by atoms with Gasteiger partial charge in [0.25, 0.3) is 5.91 Å². The minimum absolute atomic E-state index is 0.00135. The molecule has 0 saturated carbocycles. The Morgan fingerprint density at radius 2 is 1.47 bits per heavy atom. The molecule has 32 heavy (non-hydrogen) atoms. The molecule has 0 spiro atoms. The molecule has 5 nitrogen and oxygen atoms in total. The van der Waals surface area contributed by atoms with Crippen LogP contribution in [-0.2, 0) is 11.3 Å². The van der Waals surface area contributed by atoms with Gasteiger partial charge in [-0.3, -0.25) is 4.79 Å². The number of amides is 1. The Bertz CT molecular complexity index is 1090. The quantitative estimate of drug-likeness (QED) is 0.446. The molecule has 1 heterocycles. The maximum atomic E-state index is 13.5. The summed E-state index contributed by atoms with van der Waals surface area (Å²) >= 11 is 1.53. The lowest BCUT2D eigenvalue weighted by atomic mass is 10.1. The topological polar surface area (TPSA) is 48.0 Å². The average molecular weight is 448 g/mol. The van der Waals surface area contributed by atoms with E-state index in [2.05, 4.69) is 0 Å². The minimum atomic E-state index is -0.230. The van der Waals surface area contributed by atoms with Crippen molar-refractivity contribution in [1.29, 1.82) is 0 Å². The van der Waals surface area contributed by atoms with E-state index in [9.17, 15) is 4.79 Å². The summed E-state index contributed by atoms with van der Waals surface area (Å²) in [5.41, 5.74) is 2.97. The Hall–Kier alpha value is -3.38. The first-order valence-electron chi connectivity index (χ1n) is 10.2. The van der Waals surface area contributed by atoms with Crippen molar-refractivity contribution in [3.63, 3.8) is 0 Å². The number of carbonyl (C=O) groups is 1. The highest BCUT2D eigenvalue weighted by atomic mass is 32.2. The van der Waals surface area contributed by atoms with Crippen LogP contribution in [0.3, 0.4) is 0 Å². The summed E-state index contributed by atoms with van der Waals surface area (Å²) < 4.78 is 16.6. The Morgan fingerprint density at radius 3 is 2.03 bits per heavy atom. The van der Waals surface area contributed by atoms with Crippen LogP contribution in [0.2, 0.25) is 0 Å². The first-order chi connectivity index (χ1) is 15.6.